The number of fused-ring (bicyclic) bond motifs is 1. The number of rotatable bonds is 6. The molecule has 0 saturated carbocycles. The van der Waals surface area contributed by atoms with Crippen LogP contribution in [-0.2, 0) is 0 Å². The van der Waals surface area contributed by atoms with E-state index in [1.165, 1.54) is 38.7 Å². The molecule has 0 unspecified atom stereocenters. The smallest absolute Gasteiger partial charge is 0.189 e. The standard InChI is InChI=1S/C19H25N7S/c1-13-6-5-7-14-16(13)24-19(27-14)25-18-15(20)17(22-12-23-18)21-8-11-26-9-3-2-4-10-26/h5-7,12H,2-4,8-11,20H2,1H3,(H2,21,22,23,24,25). The first-order valence-electron chi connectivity index (χ1n) is 9.40. The molecule has 7 nitrogen and oxygen atoms in total. The van der Waals surface area contributed by atoms with Crippen molar-refractivity contribution in [2.24, 2.45) is 0 Å². The fourth-order valence-electron chi connectivity index (χ4n) is 3.39. The number of hydrogen-bond donors (Lipinski definition) is 3. The Kier molecular flexibility index (Phi) is 5.35. The Balaban J connectivity index is 1.43. The molecule has 142 valence electrons. The quantitative estimate of drug-likeness (QED) is 0.599. The Morgan fingerprint density at radius 2 is 1.96 bits per heavy atom. The highest BCUT2D eigenvalue weighted by Gasteiger charge is 2.13. The lowest BCUT2D eigenvalue weighted by Crippen LogP contribution is -2.33. The molecule has 8 heteroatoms. The number of piperidine rings is 1. The highest BCUT2D eigenvalue weighted by molar-refractivity contribution is 7.22. The molecule has 1 saturated heterocycles. The van der Waals surface area contributed by atoms with Crippen molar-refractivity contribution in [2.45, 2.75) is 26.2 Å². The Morgan fingerprint density at radius 3 is 2.78 bits per heavy atom. The van der Waals surface area contributed by atoms with Gasteiger partial charge in [-0.05, 0) is 44.5 Å². The molecule has 0 amide bonds. The second-order valence-corrected chi connectivity index (χ2v) is 7.91. The molecule has 4 rings (SSSR count). The summed E-state index contributed by atoms with van der Waals surface area (Å²) in [6.45, 7) is 6.26. The van der Waals surface area contributed by atoms with E-state index in [-0.39, 0.29) is 0 Å². The Morgan fingerprint density at radius 1 is 1.15 bits per heavy atom. The van der Waals surface area contributed by atoms with Crippen LogP contribution >= 0.6 is 11.3 Å². The minimum Gasteiger partial charge on any atom is -0.393 e. The number of aryl methyl sites for hydroxylation is 1. The van der Waals surface area contributed by atoms with E-state index in [9.17, 15) is 0 Å². The number of benzene rings is 1. The lowest BCUT2D eigenvalue weighted by Gasteiger charge is -2.26. The molecule has 27 heavy (non-hydrogen) atoms. The van der Waals surface area contributed by atoms with E-state index in [0.717, 1.165) is 34.0 Å². The molecule has 0 spiro atoms. The van der Waals surface area contributed by atoms with Crippen LogP contribution in [0.4, 0.5) is 22.5 Å². The van der Waals surface area contributed by atoms with Crippen LogP contribution in [0.2, 0.25) is 0 Å². The van der Waals surface area contributed by atoms with Gasteiger partial charge in [-0.3, -0.25) is 0 Å². The average Bonchev–Trinajstić information content (AvgIpc) is 3.10. The molecule has 3 aromatic rings. The van der Waals surface area contributed by atoms with Crippen LogP contribution in [-0.4, -0.2) is 46.0 Å². The first-order chi connectivity index (χ1) is 13.2. The second-order valence-electron chi connectivity index (χ2n) is 6.88. The Bertz CT molecular complexity index is 918. The molecule has 1 aromatic carbocycles. The van der Waals surface area contributed by atoms with Gasteiger partial charge in [0.25, 0.3) is 0 Å². The van der Waals surface area contributed by atoms with Crippen LogP contribution in [0.3, 0.4) is 0 Å². The molecule has 1 fully saturated rings. The summed E-state index contributed by atoms with van der Waals surface area (Å²) in [6.07, 6.45) is 5.47. The summed E-state index contributed by atoms with van der Waals surface area (Å²) < 4.78 is 1.14. The van der Waals surface area contributed by atoms with Gasteiger partial charge in [0.05, 0.1) is 10.2 Å². The third kappa shape index (κ3) is 4.12. The summed E-state index contributed by atoms with van der Waals surface area (Å²) >= 11 is 1.59. The third-order valence-electron chi connectivity index (χ3n) is 4.90. The number of aromatic nitrogens is 3. The fraction of sp³-hybridized carbons (Fsp3) is 0.421. The van der Waals surface area contributed by atoms with E-state index >= 15 is 0 Å². The van der Waals surface area contributed by atoms with Crippen LogP contribution in [0.1, 0.15) is 24.8 Å². The second kappa shape index (κ2) is 8.06. The van der Waals surface area contributed by atoms with Crippen molar-refractivity contribution < 1.29 is 0 Å². The molecule has 1 aliphatic heterocycles. The number of nitrogen functional groups attached to an aromatic ring is 1. The predicted octanol–water partition coefficient (Wildman–Crippen LogP) is 3.62. The van der Waals surface area contributed by atoms with Gasteiger partial charge in [0.2, 0.25) is 0 Å². The van der Waals surface area contributed by atoms with Crippen molar-refractivity contribution in [1.29, 1.82) is 0 Å². The summed E-state index contributed by atoms with van der Waals surface area (Å²) in [5.74, 6) is 1.25. The van der Waals surface area contributed by atoms with E-state index in [0.29, 0.717) is 17.3 Å². The van der Waals surface area contributed by atoms with Gasteiger partial charge in [-0.1, -0.05) is 29.9 Å². The zero-order valence-corrected chi connectivity index (χ0v) is 16.4. The maximum absolute atomic E-state index is 6.29. The zero-order chi connectivity index (χ0) is 18.6. The van der Waals surface area contributed by atoms with E-state index in [1.54, 1.807) is 11.3 Å². The number of hydrogen-bond acceptors (Lipinski definition) is 8. The monoisotopic (exact) mass is 383 g/mol. The van der Waals surface area contributed by atoms with Crippen LogP contribution in [0.5, 0.6) is 0 Å². The highest BCUT2D eigenvalue weighted by atomic mass is 32.1. The fourth-order valence-corrected chi connectivity index (χ4v) is 4.34. The molecule has 0 atom stereocenters. The number of nitrogens with zero attached hydrogens (tertiary/aromatic N) is 4. The normalized spacial score (nSPS) is 15.1. The SMILES string of the molecule is Cc1cccc2sc(Nc3ncnc(NCCN4CCCCC4)c3N)nc12. The number of likely N-dealkylation sites (tertiary alicyclic amines) is 1. The predicted molar refractivity (Wildman–Crippen MR) is 113 cm³/mol. The Labute approximate surface area is 163 Å². The van der Waals surface area contributed by atoms with Crippen LogP contribution in [0.25, 0.3) is 10.2 Å². The van der Waals surface area contributed by atoms with Gasteiger partial charge in [0.1, 0.15) is 12.0 Å². The maximum atomic E-state index is 6.29. The van der Waals surface area contributed by atoms with Gasteiger partial charge in [0, 0.05) is 13.1 Å². The van der Waals surface area contributed by atoms with Crippen molar-refractivity contribution >= 4 is 44.0 Å². The number of thiazole rings is 1. The van der Waals surface area contributed by atoms with Crippen LogP contribution in [0, 0.1) is 6.92 Å². The lowest BCUT2D eigenvalue weighted by molar-refractivity contribution is 0.237. The minimum atomic E-state index is 0.520. The molecule has 0 aliphatic carbocycles. The zero-order valence-electron chi connectivity index (χ0n) is 15.5. The molecule has 0 bridgehead atoms. The molecular weight excluding hydrogens is 358 g/mol. The number of nitrogens with two attached hydrogens (primary N) is 1. The van der Waals surface area contributed by atoms with Gasteiger partial charge in [-0.25, -0.2) is 15.0 Å². The lowest BCUT2D eigenvalue weighted by atomic mass is 10.1. The molecule has 2 aromatic heterocycles. The van der Waals surface area contributed by atoms with Crippen molar-refractivity contribution in [3.8, 4) is 0 Å². The topological polar surface area (TPSA) is 92.0 Å². The number of anilines is 4. The van der Waals surface area contributed by atoms with Crippen molar-refractivity contribution in [1.82, 2.24) is 19.9 Å². The maximum Gasteiger partial charge on any atom is 0.189 e. The van der Waals surface area contributed by atoms with Gasteiger partial charge in [-0.2, -0.15) is 0 Å². The summed E-state index contributed by atoms with van der Waals surface area (Å²) in [6, 6.07) is 6.18. The summed E-state index contributed by atoms with van der Waals surface area (Å²) in [5, 5.41) is 7.38. The van der Waals surface area contributed by atoms with Gasteiger partial charge < -0.3 is 21.3 Å². The third-order valence-corrected chi connectivity index (χ3v) is 5.84. The van der Waals surface area contributed by atoms with Gasteiger partial charge in [-0.15, -0.1) is 0 Å². The number of para-hydroxylation sites is 1. The van der Waals surface area contributed by atoms with Crippen molar-refractivity contribution in [3.05, 3.63) is 30.1 Å². The molecule has 4 N–H and O–H groups in total. The molecule has 0 radical (unpaired) electrons. The van der Waals surface area contributed by atoms with E-state index < -0.39 is 0 Å². The largest absolute Gasteiger partial charge is 0.393 e. The van der Waals surface area contributed by atoms with Crippen LogP contribution in [0.15, 0.2) is 24.5 Å². The summed E-state index contributed by atoms with van der Waals surface area (Å²) in [5.41, 5.74) is 8.98. The average molecular weight is 384 g/mol. The first-order valence-corrected chi connectivity index (χ1v) is 10.2. The minimum absolute atomic E-state index is 0.520. The van der Waals surface area contributed by atoms with E-state index in [1.807, 2.05) is 6.07 Å². The van der Waals surface area contributed by atoms with Crippen molar-refractivity contribution in [3.63, 3.8) is 0 Å². The molecule has 3 heterocycles. The van der Waals surface area contributed by atoms with E-state index in [4.69, 9.17) is 5.73 Å². The van der Waals surface area contributed by atoms with Gasteiger partial charge in [0.15, 0.2) is 16.8 Å². The van der Waals surface area contributed by atoms with Gasteiger partial charge >= 0.3 is 0 Å². The van der Waals surface area contributed by atoms with Crippen LogP contribution < -0.4 is 16.4 Å². The summed E-state index contributed by atoms with van der Waals surface area (Å²) in [7, 11) is 0. The molecule has 1 aliphatic rings. The van der Waals surface area contributed by atoms with Crippen molar-refractivity contribution in [2.75, 3.05) is 42.5 Å². The highest BCUT2D eigenvalue weighted by Crippen LogP contribution is 2.32. The Hall–Kier alpha value is -2.45. The number of nitrogens with one attached hydrogen (secondary N) is 2. The summed E-state index contributed by atoms with van der Waals surface area (Å²) in [4.78, 5) is 15.7. The first kappa shape index (κ1) is 17.9. The molecular formula is C19H25N7S. The van der Waals surface area contributed by atoms with E-state index in [2.05, 4.69) is 49.5 Å².